The third kappa shape index (κ3) is 5.09. The van der Waals surface area contributed by atoms with Gasteiger partial charge in [-0.05, 0) is 42.0 Å². The Hall–Kier alpha value is -4.53. The number of benzene rings is 3. The lowest BCUT2D eigenvalue weighted by atomic mass is 9.96. The SMILES string of the molecule is N=C(N)c1c(-c2ccc(Oc3ccccc3)cc2)cnc(-c2cccc(OC(F)(F)F)c2)c1N. The van der Waals surface area contributed by atoms with Crippen molar-refractivity contribution < 1.29 is 22.6 Å². The van der Waals surface area contributed by atoms with Crippen molar-refractivity contribution in [2.45, 2.75) is 6.36 Å². The number of ether oxygens (including phenoxy) is 2. The van der Waals surface area contributed by atoms with Gasteiger partial charge in [0, 0.05) is 17.3 Å². The van der Waals surface area contributed by atoms with Crippen LogP contribution in [0.5, 0.6) is 17.2 Å². The standard InChI is InChI=1S/C25H19F3N4O2/c26-25(27,28)34-19-8-4-5-16(13-19)23-22(29)21(24(30)31)20(14-32-23)15-9-11-18(12-10-15)33-17-6-2-1-3-7-17/h1-14H,29H2,(H3,30,31). The number of nitrogens with one attached hydrogen (secondary N) is 1. The van der Waals surface area contributed by atoms with E-state index >= 15 is 0 Å². The molecule has 0 saturated heterocycles. The Morgan fingerprint density at radius 1 is 0.824 bits per heavy atom. The molecule has 5 N–H and O–H groups in total. The van der Waals surface area contributed by atoms with Crippen LogP contribution in [0.2, 0.25) is 0 Å². The molecule has 1 heterocycles. The van der Waals surface area contributed by atoms with Crippen LogP contribution in [0.25, 0.3) is 22.4 Å². The summed E-state index contributed by atoms with van der Waals surface area (Å²) < 4.78 is 47.6. The Morgan fingerprint density at radius 3 is 2.12 bits per heavy atom. The molecule has 172 valence electrons. The number of rotatable bonds is 6. The van der Waals surface area contributed by atoms with Crippen LogP contribution in [0.1, 0.15) is 5.56 Å². The van der Waals surface area contributed by atoms with E-state index in [1.165, 1.54) is 24.4 Å². The molecule has 6 nitrogen and oxygen atoms in total. The molecule has 34 heavy (non-hydrogen) atoms. The average molecular weight is 464 g/mol. The summed E-state index contributed by atoms with van der Waals surface area (Å²) in [5, 5.41) is 8.05. The first kappa shape index (κ1) is 22.7. The van der Waals surface area contributed by atoms with Gasteiger partial charge in [-0.3, -0.25) is 10.4 Å². The lowest BCUT2D eigenvalue weighted by Crippen LogP contribution is -2.17. The maximum absolute atomic E-state index is 12.6. The van der Waals surface area contributed by atoms with E-state index in [9.17, 15) is 13.2 Å². The molecule has 4 rings (SSSR count). The minimum Gasteiger partial charge on any atom is -0.457 e. The van der Waals surface area contributed by atoms with Crippen LogP contribution in [0.15, 0.2) is 85.1 Å². The first-order valence-electron chi connectivity index (χ1n) is 10.0. The number of amidine groups is 1. The fourth-order valence-electron chi connectivity index (χ4n) is 3.43. The summed E-state index contributed by atoms with van der Waals surface area (Å²) in [6, 6.07) is 21.6. The van der Waals surface area contributed by atoms with Crippen LogP contribution >= 0.6 is 0 Å². The number of para-hydroxylation sites is 1. The molecule has 0 unspecified atom stereocenters. The van der Waals surface area contributed by atoms with Gasteiger partial charge in [-0.1, -0.05) is 42.5 Å². The lowest BCUT2D eigenvalue weighted by Gasteiger charge is -2.16. The average Bonchev–Trinajstić information content (AvgIpc) is 2.79. The Balaban J connectivity index is 1.69. The summed E-state index contributed by atoms with van der Waals surface area (Å²) >= 11 is 0. The molecule has 0 spiro atoms. The normalized spacial score (nSPS) is 11.1. The molecule has 0 saturated carbocycles. The highest BCUT2D eigenvalue weighted by Crippen LogP contribution is 2.36. The molecule has 9 heteroatoms. The Morgan fingerprint density at radius 2 is 1.47 bits per heavy atom. The quantitative estimate of drug-likeness (QED) is 0.241. The van der Waals surface area contributed by atoms with Gasteiger partial charge in [0.2, 0.25) is 0 Å². The summed E-state index contributed by atoms with van der Waals surface area (Å²) in [5.74, 6) is 0.585. The molecule has 0 bridgehead atoms. The van der Waals surface area contributed by atoms with Gasteiger partial charge in [0.15, 0.2) is 0 Å². The van der Waals surface area contributed by atoms with Crippen molar-refractivity contribution >= 4 is 11.5 Å². The van der Waals surface area contributed by atoms with Gasteiger partial charge in [0.1, 0.15) is 23.1 Å². The minimum atomic E-state index is -4.83. The number of hydrogen-bond donors (Lipinski definition) is 3. The molecule has 0 fully saturated rings. The van der Waals surface area contributed by atoms with Crippen molar-refractivity contribution in [3.8, 4) is 39.6 Å². The lowest BCUT2D eigenvalue weighted by molar-refractivity contribution is -0.274. The molecule has 0 aliphatic rings. The summed E-state index contributed by atoms with van der Waals surface area (Å²) in [6.45, 7) is 0. The largest absolute Gasteiger partial charge is 0.573 e. The van der Waals surface area contributed by atoms with Crippen molar-refractivity contribution in [1.82, 2.24) is 4.98 Å². The highest BCUT2D eigenvalue weighted by atomic mass is 19.4. The number of nitrogens with two attached hydrogens (primary N) is 2. The van der Waals surface area contributed by atoms with Gasteiger partial charge in [-0.2, -0.15) is 0 Å². The number of anilines is 1. The zero-order valence-electron chi connectivity index (χ0n) is 17.6. The zero-order chi connectivity index (χ0) is 24.3. The van der Waals surface area contributed by atoms with Crippen molar-refractivity contribution in [3.63, 3.8) is 0 Å². The van der Waals surface area contributed by atoms with Crippen LogP contribution in [0.3, 0.4) is 0 Å². The van der Waals surface area contributed by atoms with Crippen molar-refractivity contribution in [3.05, 3.63) is 90.6 Å². The predicted molar refractivity (Wildman–Crippen MR) is 124 cm³/mol. The van der Waals surface area contributed by atoms with Crippen LogP contribution in [-0.2, 0) is 0 Å². The van der Waals surface area contributed by atoms with Crippen molar-refractivity contribution in [2.75, 3.05) is 5.73 Å². The van der Waals surface area contributed by atoms with Crippen LogP contribution in [0.4, 0.5) is 18.9 Å². The maximum Gasteiger partial charge on any atom is 0.573 e. The van der Waals surface area contributed by atoms with Gasteiger partial charge in [0.25, 0.3) is 0 Å². The van der Waals surface area contributed by atoms with E-state index in [0.717, 1.165) is 0 Å². The van der Waals surface area contributed by atoms with E-state index < -0.39 is 12.1 Å². The summed E-state index contributed by atoms with van der Waals surface area (Å²) in [7, 11) is 0. The number of hydrogen-bond acceptors (Lipinski definition) is 5. The molecule has 1 aromatic heterocycles. The Labute approximate surface area is 193 Å². The molecular weight excluding hydrogens is 445 g/mol. The Bertz CT molecular complexity index is 1320. The highest BCUT2D eigenvalue weighted by Gasteiger charge is 2.31. The monoisotopic (exact) mass is 464 g/mol. The third-order valence-corrected chi connectivity index (χ3v) is 4.87. The highest BCUT2D eigenvalue weighted by molar-refractivity contribution is 6.08. The summed E-state index contributed by atoms with van der Waals surface area (Å²) in [4.78, 5) is 4.35. The summed E-state index contributed by atoms with van der Waals surface area (Å²) in [6.07, 6.45) is -3.35. The van der Waals surface area contributed by atoms with Gasteiger partial charge in [0.05, 0.1) is 16.9 Å². The third-order valence-electron chi connectivity index (χ3n) is 4.87. The van der Waals surface area contributed by atoms with E-state index in [1.54, 1.807) is 30.3 Å². The van der Waals surface area contributed by atoms with Crippen LogP contribution in [0, 0.1) is 5.41 Å². The number of nitrogens with zero attached hydrogens (tertiary/aromatic N) is 1. The molecule has 4 aromatic rings. The van der Waals surface area contributed by atoms with E-state index in [0.29, 0.717) is 28.2 Å². The molecule has 3 aromatic carbocycles. The molecule has 0 aliphatic carbocycles. The van der Waals surface area contributed by atoms with Crippen LogP contribution in [-0.4, -0.2) is 17.2 Å². The fraction of sp³-hybridized carbons (Fsp3) is 0.0400. The van der Waals surface area contributed by atoms with Gasteiger partial charge in [-0.15, -0.1) is 13.2 Å². The smallest absolute Gasteiger partial charge is 0.457 e. The molecular formula is C25H19F3N4O2. The van der Waals surface area contributed by atoms with E-state index in [1.807, 2.05) is 30.3 Å². The molecule has 0 aliphatic heterocycles. The first-order chi connectivity index (χ1) is 16.2. The molecule has 0 radical (unpaired) electrons. The molecule has 0 atom stereocenters. The number of alkyl halides is 3. The van der Waals surface area contributed by atoms with Gasteiger partial charge < -0.3 is 20.9 Å². The minimum absolute atomic E-state index is 0.0683. The van der Waals surface area contributed by atoms with Crippen molar-refractivity contribution in [2.24, 2.45) is 5.73 Å². The molecule has 0 amide bonds. The summed E-state index contributed by atoms with van der Waals surface area (Å²) in [5.41, 5.74) is 14.1. The van der Waals surface area contributed by atoms with E-state index in [2.05, 4.69) is 9.72 Å². The number of aromatic nitrogens is 1. The van der Waals surface area contributed by atoms with Crippen LogP contribution < -0.4 is 20.9 Å². The predicted octanol–water partition coefficient (Wildman–Crippen LogP) is 5.97. The van der Waals surface area contributed by atoms with E-state index in [4.69, 9.17) is 21.6 Å². The van der Waals surface area contributed by atoms with Gasteiger partial charge in [-0.25, -0.2) is 0 Å². The topological polar surface area (TPSA) is 107 Å². The number of halogens is 3. The maximum atomic E-state index is 12.6. The fourth-order valence-corrected chi connectivity index (χ4v) is 3.43. The number of pyridine rings is 1. The second-order valence-electron chi connectivity index (χ2n) is 7.24. The first-order valence-corrected chi connectivity index (χ1v) is 10.0. The van der Waals surface area contributed by atoms with Crippen molar-refractivity contribution in [1.29, 1.82) is 5.41 Å². The second kappa shape index (κ2) is 9.14. The zero-order valence-corrected chi connectivity index (χ0v) is 17.6. The number of nitrogen functional groups attached to an aromatic ring is 2. The van der Waals surface area contributed by atoms with E-state index in [-0.39, 0.29) is 22.8 Å². The second-order valence-corrected chi connectivity index (χ2v) is 7.24. The van der Waals surface area contributed by atoms with Gasteiger partial charge >= 0.3 is 6.36 Å². The Kier molecular flexibility index (Phi) is 6.09.